The number of pyridine rings is 1. The van der Waals surface area contributed by atoms with Crippen molar-refractivity contribution < 1.29 is 13.5 Å². The van der Waals surface area contributed by atoms with Gasteiger partial charge in [0.1, 0.15) is 18.1 Å². The summed E-state index contributed by atoms with van der Waals surface area (Å²) in [7, 11) is 0. The van der Waals surface area contributed by atoms with Gasteiger partial charge in [-0.25, -0.2) is 13.8 Å². The highest BCUT2D eigenvalue weighted by Crippen LogP contribution is 2.18. The van der Waals surface area contributed by atoms with E-state index in [0.717, 1.165) is 12.1 Å². The van der Waals surface area contributed by atoms with Crippen LogP contribution in [0, 0.1) is 11.6 Å². The molecule has 2 aromatic heterocycles. The summed E-state index contributed by atoms with van der Waals surface area (Å²) in [6, 6.07) is 9.50. The van der Waals surface area contributed by atoms with Crippen molar-refractivity contribution in [3.8, 4) is 5.75 Å². The van der Waals surface area contributed by atoms with Crippen molar-refractivity contribution in [1.82, 2.24) is 9.38 Å². The summed E-state index contributed by atoms with van der Waals surface area (Å²) in [4.78, 5) is 16.1. The number of fused-ring (bicyclic) bond motifs is 1. The van der Waals surface area contributed by atoms with Crippen LogP contribution in [-0.2, 0) is 6.61 Å². The average molecular weight is 288 g/mol. The fourth-order valence-electron chi connectivity index (χ4n) is 1.92. The van der Waals surface area contributed by atoms with Crippen LogP contribution in [0.25, 0.3) is 5.65 Å². The molecule has 6 heteroatoms. The van der Waals surface area contributed by atoms with Gasteiger partial charge in [0.05, 0.1) is 5.69 Å². The molecule has 106 valence electrons. The molecule has 1 aromatic carbocycles. The number of aromatic nitrogens is 2. The van der Waals surface area contributed by atoms with Gasteiger partial charge < -0.3 is 4.74 Å². The summed E-state index contributed by atoms with van der Waals surface area (Å²) < 4.78 is 32.8. The van der Waals surface area contributed by atoms with Crippen LogP contribution in [0.1, 0.15) is 5.69 Å². The molecule has 0 amide bonds. The molecule has 3 aromatic rings. The van der Waals surface area contributed by atoms with Crippen LogP contribution in [0.3, 0.4) is 0 Å². The van der Waals surface area contributed by atoms with Crippen molar-refractivity contribution >= 4 is 5.65 Å². The minimum Gasteiger partial charge on any atom is -0.484 e. The number of halogens is 2. The highest BCUT2D eigenvalue weighted by atomic mass is 19.1. The van der Waals surface area contributed by atoms with Gasteiger partial charge in [0, 0.05) is 18.3 Å². The molecule has 0 aliphatic carbocycles. The van der Waals surface area contributed by atoms with E-state index in [1.54, 1.807) is 24.4 Å². The topological polar surface area (TPSA) is 43.6 Å². The first kappa shape index (κ1) is 13.2. The molecule has 3 rings (SSSR count). The molecule has 0 aliphatic heterocycles. The van der Waals surface area contributed by atoms with Crippen molar-refractivity contribution in [2.75, 3.05) is 0 Å². The second-order valence-corrected chi connectivity index (χ2v) is 4.38. The van der Waals surface area contributed by atoms with Crippen molar-refractivity contribution in [1.29, 1.82) is 0 Å². The van der Waals surface area contributed by atoms with E-state index in [4.69, 9.17) is 4.74 Å². The van der Waals surface area contributed by atoms with Gasteiger partial charge in [-0.3, -0.25) is 9.20 Å². The van der Waals surface area contributed by atoms with Gasteiger partial charge in [0.25, 0.3) is 5.56 Å². The largest absolute Gasteiger partial charge is 0.484 e. The zero-order valence-electron chi connectivity index (χ0n) is 10.8. The lowest BCUT2D eigenvalue weighted by Crippen LogP contribution is -2.16. The maximum Gasteiger partial charge on any atom is 0.258 e. The van der Waals surface area contributed by atoms with Crippen LogP contribution in [0.4, 0.5) is 8.78 Å². The van der Waals surface area contributed by atoms with E-state index < -0.39 is 11.6 Å². The standard InChI is InChI=1S/C15H10F2N2O2/c16-10-4-5-13(12(17)7-10)21-9-11-8-15(20)19-6-2-1-3-14(19)18-11/h1-8H,9H2. The summed E-state index contributed by atoms with van der Waals surface area (Å²) in [6.07, 6.45) is 1.61. The Labute approximate surface area is 118 Å². The van der Waals surface area contributed by atoms with Gasteiger partial charge >= 0.3 is 0 Å². The normalized spacial score (nSPS) is 10.8. The first-order chi connectivity index (χ1) is 10.1. The molecule has 21 heavy (non-hydrogen) atoms. The predicted molar refractivity (Wildman–Crippen MR) is 72.2 cm³/mol. The van der Waals surface area contributed by atoms with E-state index in [1.807, 2.05) is 0 Å². The van der Waals surface area contributed by atoms with E-state index in [2.05, 4.69) is 4.98 Å². The molecule has 0 bridgehead atoms. The van der Waals surface area contributed by atoms with Crippen molar-refractivity contribution in [3.05, 3.63) is 76.3 Å². The Balaban J connectivity index is 1.87. The number of hydrogen-bond acceptors (Lipinski definition) is 3. The Hall–Kier alpha value is -2.76. The number of ether oxygens (including phenoxy) is 1. The summed E-state index contributed by atoms with van der Waals surface area (Å²) in [5, 5.41) is 0. The lowest BCUT2D eigenvalue weighted by atomic mass is 10.3. The van der Waals surface area contributed by atoms with Crippen LogP contribution in [0.15, 0.2) is 53.5 Å². The molecular weight excluding hydrogens is 278 g/mol. The highest BCUT2D eigenvalue weighted by molar-refractivity contribution is 5.38. The van der Waals surface area contributed by atoms with Gasteiger partial charge in [-0.2, -0.15) is 0 Å². The zero-order chi connectivity index (χ0) is 14.8. The van der Waals surface area contributed by atoms with Crippen molar-refractivity contribution in [2.24, 2.45) is 0 Å². The van der Waals surface area contributed by atoms with Crippen LogP contribution >= 0.6 is 0 Å². The van der Waals surface area contributed by atoms with Gasteiger partial charge in [-0.05, 0) is 24.3 Å². The minimum atomic E-state index is -0.799. The lowest BCUT2D eigenvalue weighted by Gasteiger charge is -2.07. The van der Waals surface area contributed by atoms with Gasteiger partial charge in [0.15, 0.2) is 11.6 Å². The van der Waals surface area contributed by atoms with E-state index in [0.29, 0.717) is 11.3 Å². The maximum atomic E-state index is 13.4. The van der Waals surface area contributed by atoms with Crippen LogP contribution < -0.4 is 10.3 Å². The smallest absolute Gasteiger partial charge is 0.258 e. The first-order valence-corrected chi connectivity index (χ1v) is 6.19. The maximum absolute atomic E-state index is 13.4. The fraction of sp³-hybridized carbons (Fsp3) is 0.0667. The third-order valence-corrected chi connectivity index (χ3v) is 2.89. The zero-order valence-corrected chi connectivity index (χ0v) is 10.8. The Morgan fingerprint density at radius 1 is 1.14 bits per heavy atom. The molecule has 0 saturated carbocycles. The number of hydrogen-bond donors (Lipinski definition) is 0. The SMILES string of the molecule is O=c1cc(COc2ccc(F)cc2F)nc2ccccn12. The van der Waals surface area contributed by atoms with E-state index in [9.17, 15) is 13.6 Å². The Morgan fingerprint density at radius 2 is 2.00 bits per heavy atom. The Morgan fingerprint density at radius 3 is 2.81 bits per heavy atom. The van der Waals surface area contributed by atoms with E-state index in [1.165, 1.54) is 16.5 Å². The monoisotopic (exact) mass is 288 g/mol. The Bertz CT molecular complexity index is 862. The summed E-state index contributed by atoms with van der Waals surface area (Å²) in [5.74, 6) is -1.57. The molecule has 0 N–H and O–H groups in total. The molecule has 0 radical (unpaired) electrons. The van der Waals surface area contributed by atoms with Gasteiger partial charge in [0.2, 0.25) is 0 Å². The molecule has 0 aliphatic rings. The molecule has 4 nitrogen and oxygen atoms in total. The quantitative estimate of drug-likeness (QED) is 0.744. The third kappa shape index (κ3) is 2.74. The predicted octanol–water partition coefficient (Wildman–Crippen LogP) is 2.55. The number of nitrogens with zero attached hydrogens (tertiary/aromatic N) is 2. The molecular formula is C15H10F2N2O2. The highest BCUT2D eigenvalue weighted by Gasteiger charge is 2.07. The molecule has 0 unspecified atom stereocenters. The van der Waals surface area contributed by atoms with Crippen molar-refractivity contribution in [2.45, 2.75) is 6.61 Å². The van der Waals surface area contributed by atoms with E-state index in [-0.39, 0.29) is 17.9 Å². The molecule has 0 saturated heterocycles. The first-order valence-electron chi connectivity index (χ1n) is 6.19. The molecule has 0 atom stereocenters. The molecule has 0 spiro atoms. The van der Waals surface area contributed by atoms with Crippen LogP contribution in [-0.4, -0.2) is 9.38 Å². The minimum absolute atomic E-state index is 0.0802. The second kappa shape index (κ2) is 5.32. The second-order valence-electron chi connectivity index (χ2n) is 4.38. The molecule has 0 fully saturated rings. The van der Waals surface area contributed by atoms with Crippen molar-refractivity contribution in [3.63, 3.8) is 0 Å². The fourth-order valence-corrected chi connectivity index (χ4v) is 1.92. The van der Waals surface area contributed by atoms with Gasteiger partial charge in [-0.15, -0.1) is 0 Å². The summed E-state index contributed by atoms with van der Waals surface area (Å²) >= 11 is 0. The van der Waals surface area contributed by atoms with Crippen LogP contribution in [0.5, 0.6) is 5.75 Å². The van der Waals surface area contributed by atoms with Crippen LogP contribution in [0.2, 0.25) is 0 Å². The van der Waals surface area contributed by atoms with Gasteiger partial charge in [-0.1, -0.05) is 6.07 Å². The summed E-state index contributed by atoms with van der Waals surface area (Å²) in [5.41, 5.74) is 0.594. The average Bonchev–Trinajstić information content (AvgIpc) is 2.46. The lowest BCUT2D eigenvalue weighted by molar-refractivity contribution is 0.285. The summed E-state index contributed by atoms with van der Waals surface area (Å²) in [6.45, 7) is -0.0802. The van der Waals surface area contributed by atoms with E-state index >= 15 is 0 Å². The third-order valence-electron chi connectivity index (χ3n) is 2.89. The Kier molecular flexibility index (Phi) is 3.35. The molecule has 2 heterocycles. The number of benzene rings is 1. The number of rotatable bonds is 3.